The molecule has 1 aromatic rings. The third kappa shape index (κ3) is 3.26. The molecule has 0 saturated heterocycles. The van der Waals surface area contributed by atoms with Crippen molar-refractivity contribution in [1.29, 1.82) is 0 Å². The molecule has 1 atom stereocenters. The summed E-state index contributed by atoms with van der Waals surface area (Å²) in [5.74, 6) is 0. The Bertz CT molecular complexity index is 485. The molecule has 0 N–H and O–H groups in total. The highest BCUT2D eigenvalue weighted by molar-refractivity contribution is 7.59. The van der Waals surface area contributed by atoms with Crippen LogP contribution in [0.1, 0.15) is 64.7 Å². The van der Waals surface area contributed by atoms with Crippen molar-refractivity contribution in [3.8, 4) is 0 Å². The molecule has 1 aromatic carbocycles. The average Bonchev–Trinajstić information content (AvgIpc) is 2.37. The summed E-state index contributed by atoms with van der Waals surface area (Å²) in [6.45, 7) is 8.45. The summed E-state index contributed by atoms with van der Waals surface area (Å²) in [7, 11) is 0.480. The average molecular weight is 276 g/mol. The largest absolute Gasteiger partial charge is 0.289 e. The Kier molecular flexibility index (Phi) is 4.79. The van der Waals surface area contributed by atoms with E-state index >= 15 is 0 Å². The Hall–Kier alpha value is -0.680. The van der Waals surface area contributed by atoms with Crippen molar-refractivity contribution in [1.82, 2.24) is 0 Å². The van der Waals surface area contributed by atoms with Gasteiger partial charge in [-0.05, 0) is 77.0 Å². The van der Waals surface area contributed by atoms with Crippen LogP contribution in [0.3, 0.4) is 0 Å². The molecule has 2 heteroatoms. The number of aryl methyl sites for hydroxylation is 2. The van der Waals surface area contributed by atoms with Crippen LogP contribution in [0.2, 0.25) is 0 Å². The molecule has 1 saturated carbocycles. The Balaban J connectivity index is 2.21. The van der Waals surface area contributed by atoms with Crippen LogP contribution in [0.5, 0.6) is 0 Å². The predicted octanol–water partition coefficient (Wildman–Crippen LogP) is 5.07. The van der Waals surface area contributed by atoms with E-state index in [1.165, 1.54) is 48.8 Å². The molecular weight excluding hydrogens is 251 g/mol. The van der Waals surface area contributed by atoms with Crippen LogP contribution in [0, 0.1) is 27.7 Å². The van der Waals surface area contributed by atoms with Gasteiger partial charge in [0.25, 0.3) is 0 Å². The van der Waals surface area contributed by atoms with Crippen LogP contribution >= 0.6 is 8.58 Å². The van der Waals surface area contributed by atoms with Gasteiger partial charge in [-0.2, -0.15) is 0 Å². The summed E-state index contributed by atoms with van der Waals surface area (Å²) < 4.78 is 0. The lowest BCUT2D eigenvalue weighted by molar-refractivity contribution is 0.108. The third-order valence-corrected chi connectivity index (χ3v) is 6.02. The summed E-state index contributed by atoms with van der Waals surface area (Å²) in [5.41, 5.74) is 6.99. The van der Waals surface area contributed by atoms with Gasteiger partial charge < -0.3 is 0 Å². The Morgan fingerprint density at radius 2 is 1.63 bits per heavy atom. The van der Waals surface area contributed by atoms with Crippen molar-refractivity contribution in [2.75, 3.05) is 0 Å². The number of carbonyl (C=O) groups excluding carboxylic acids is 1. The van der Waals surface area contributed by atoms with E-state index in [4.69, 9.17) is 0 Å². The van der Waals surface area contributed by atoms with E-state index in [9.17, 15) is 4.79 Å². The Morgan fingerprint density at radius 1 is 1.00 bits per heavy atom. The second kappa shape index (κ2) is 6.18. The first-order valence-electron chi connectivity index (χ1n) is 7.39. The van der Waals surface area contributed by atoms with Gasteiger partial charge in [0.05, 0.1) is 0 Å². The first-order valence-corrected chi connectivity index (χ1v) is 8.46. The summed E-state index contributed by atoms with van der Waals surface area (Å²) in [6, 6.07) is 2.17. The topological polar surface area (TPSA) is 17.1 Å². The molecule has 104 valence electrons. The van der Waals surface area contributed by atoms with E-state index < -0.39 is 0 Å². The maximum absolute atomic E-state index is 12.6. The van der Waals surface area contributed by atoms with E-state index in [2.05, 4.69) is 33.8 Å². The van der Waals surface area contributed by atoms with Crippen molar-refractivity contribution in [2.24, 2.45) is 0 Å². The molecule has 1 unspecified atom stereocenters. The zero-order chi connectivity index (χ0) is 14.0. The second-order valence-corrected chi connectivity index (χ2v) is 7.50. The quantitative estimate of drug-likeness (QED) is 0.704. The molecule has 0 amide bonds. The number of hydrogen-bond donors (Lipinski definition) is 0. The van der Waals surface area contributed by atoms with E-state index in [1.54, 1.807) is 0 Å². The number of rotatable bonds is 3. The van der Waals surface area contributed by atoms with Gasteiger partial charge in [0, 0.05) is 5.56 Å². The SMILES string of the molecule is Cc1cc(C)c(C(=O)PC2CCCCC2)c(C)c1C. The molecule has 19 heavy (non-hydrogen) atoms. The lowest BCUT2D eigenvalue weighted by atomic mass is 9.95. The normalized spacial score (nSPS) is 17.3. The van der Waals surface area contributed by atoms with Gasteiger partial charge in [0.2, 0.25) is 0 Å². The summed E-state index contributed by atoms with van der Waals surface area (Å²) in [5, 5.41) is 0. The summed E-state index contributed by atoms with van der Waals surface area (Å²) >= 11 is 0. The molecule has 1 nitrogen and oxygen atoms in total. The monoisotopic (exact) mass is 276 g/mol. The van der Waals surface area contributed by atoms with Crippen LogP contribution in [0.25, 0.3) is 0 Å². The lowest BCUT2D eigenvalue weighted by Crippen LogP contribution is -2.11. The van der Waals surface area contributed by atoms with Gasteiger partial charge >= 0.3 is 0 Å². The fourth-order valence-corrected chi connectivity index (χ4v) is 4.73. The molecular formula is C17H25OP. The fourth-order valence-electron chi connectivity index (χ4n) is 3.14. The van der Waals surface area contributed by atoms with Crippen molar-refractivity contribution in [3.63, 3.8) is 0 Å². The number of carbonyl (C=O) groups is 1. The molecule has 1 aliphatic rings. The molecule has 0 aromatic heterocycles. The van der Waals surface area contributed by atoms with Crippen molar-refractivity contribution in [2.45, 2.75) is 65.5 Å². The molecule has 0 heterocycles. The van der Waals surface area contributed by atoms with Crippen molar-refractivity contribution < 1.29 is 4.79 Å². The Morgan fingerprint density at radius 3 is 2.26 bits per heavy atom. The molecule has 2 rings (SSSR count). The standard InChI is InChI=1S/C17H25OP/c1-11-10-12(2)16(14(4)13(11)3)17(18)19-15-8-6-5-7-9-15/h10,15,19H,5-9H2,1-4H3. The first-order chi connectivity index (χ1) is 9.00. The van der Waals surface area contributed by atoms with Crippen LogP contribution in [-0.4, -0.2) is 11.2 Å². The zero-order valence-electron chi connectivity index (χ0n) is 12.6. The second-order valence-electron chi connectivity index (χ2n) is 5.94. The first kappa shape index (κ1) is 14.7. The zero-order valence-corrected chi connectivity index (χ0v) is 13.6. The van der Waals surface area contributed by atoms with Gasteiger partial charge in [-0.15, -0.1) is 0 Å². The van der Waals surface area contributed by atoms with E-state index in [1.807, 2.05) is 0 Å². The highest BCUT2D eigenvalue weighted by Gasteiger charge is 2.21. The predicted molar refractivity (Wildman–Crippen MR) is 84.9 cm³/mol. The van der Waals surface area contributed by atoms with Crippen LogP contribution in [-0.2, 0) is 0 Å². The third-order valence-electron chi connectivity index (χ3n) is 4.52. The molecule has 0 radical (unpaired) electrons. The molecule has 0 spiro atoms. The highest BCUT2D eigenvalue weighted by Crippen LogP contribution is 2.37. The van der Waals surface area contributed by atoms with Gasteiger partial charge in [0.15, 0.2) is 5.52 Å². The smallest absolute Gasteiger partial charge is 0.181 e. The van der Waals surface area contributed by atoms with Crippen LogP contribution in [0.4, 0.5) is 0 Å². The lowest BCUT2D eigenvalue weighted by Gasteiger charge is -2.22. The van der Waals surface area contributed by atoms with Crippen LogP contribution in [0.15, 0.2) is 6.07 Å². The summed E-state index contributed by atoms with van der Waals surface area (Å²) in [6.07, 6.45) is 6.50. The van der Waals surface area contributed by atoms with Gasteiger partial charge in [-0.1, -0.05) is 25.3 Å². The number of hydrogen-bond acceptors (Lipinski definition) is 1. The highest BCUT2D eigenvalue weighted by atomic mass is 31.1. The van der Waals surface area contributed by atoms with Crippen molar-refractivity contribution in [3.05, 3.63) is 33.9 Å². The Labute approximate surface area is 119 Å². The van der Waals surface area contributed by atoms with Gasteiger partial charge in [-0.3, -0.25) is 4.79 Å². The maximum atomic E-state index is 12.6. The summed E-state index contributed by atoms with van der Waals surface area (Å²) in [4.78, 5) is 12.6. The molecule has 1 aliphatic carbocycles. The van der Waals surface area contributed by atoms with Crippen molar-refractivity contribution >= 4 is 14.1 Å². The minimum atomic E-state index is 0.394. The fraction of sp³-hybridized carbons (Fsp3) is 0.588. The minimum Gasteiger partial charge on any atom is -0.289 e. The van der Waals surface area contributed by atoms with Crippen LogP contribution < -0.4 is 0 Å². The minimum absolute atomic E-state index is 0.394. The molecule has 0 bridgehead atoms. The van der Waals surface area contributed by atoms with E-state index in [-0.39, 0.29) is 0 Å². The van der Waals surface area contributed by atoms with E-state index in [0.29, 0.717) is 19.8 Å². The molecule has 1 fully saturated rings. The van der Waals surface area contributed by atoms with Gasteiger partial charge in [0.1, 0.15) is 0 Å². The van der Waals surface area contributed by atoms with E-state index in [0.717, 1.165) is 11.1 Å². The number of benzene rings is 1. The molecule has 0 aliphatic heterocycles. The van der Waals surface area contributed by atoms with Gasteiger partial charge in [-0.25, -0.2) is 0 Å². The maximum Gasteiger partial charge on any atom is 0.181 e.